The number of fused-ring (bicyclic) bond motifs is 1. The number of carbonyl (C=O) groups excluding carboxylic acids is 2. The highest BCUT2D eigenvalue weighted by molar-refractivity contribution is 7.91. The molecule has 1 aromatic heterocycles. The second-order valence-electron chi connectivity index (χ2n) is 5.75. The van der Waals surface area contributed by atoms with E-state index in [1.54, 1.807) is 28.2 Å². The van der Waals surface area contributed by atoms with E-state index in [1.807, 2.05) is 0 Å². The number of carbonyl (C=O) groups is 2. The lowest BCUT2D eigenvalue weighted by atomic mass is 10.0. The van der Waals surface area contributed by atoms with Gasteiger partial charge in [0, 0.05) is 19.5 Å². The average Bonchev–Trinajstić information content (AvgIpc) is 3.06. The van der Waals surface area contributed by atoms with Gasteiger partial charge in [-0.25, -0.2) is 8.42 Å². The maximum Gasteiger partial charge on any atom is 0.265 e. The summed E-state index contributed by atoms with van der Waals surface area (Å²) in [6.45, 7) is 2.44. The van der Waals surface area contributed by atoms with Crippen molar-refractivity contribution in [3.05, 3.63) is 21.3 Å². The van der Waals surface area contributed by atoms with E-state index in [2.05, 4.69) is 0 Å². The zero-order valence-electron chi connectivity index (χ0n) is 12.6. The smallest absolute Gasteiger partial charge is 0.265 e. The van der Waals surface area contributed by atoms with Crippen molar-refractivity contribution in [2.75, 3.05) is 24.6 Å². The van der Waals surface area contributed by atoms with Crippen LogP contribution in [0.3, 0.4) is 0 Å². The fourth-order valence-corrected chi connectivity index (χ4v) is 6.37. The van der Waals surface area contributed by atoms with Crippen LogP contribution in [-0.2, 0) is 14.6 Å². The van der Waals surface area contributed by atoms with Crippen molar-refractivity contribution in [2.45, 2.75) is 25.4 Å². The van der Waals surface area contributed by atoms with Gasteiger partial charge in [-0.1, -0.05) is 18.5 Å². The minimum Gasteiger partial charge on any atom is -0.335 e. The average molecular weight is 377 g/mol. The molecule has 0 bridgehead atoms. The Balaban J connectivity index is 1.91. The predicted octanol–water partition coefficient (Wildman–Crippen LogP) is 1.26. The van der Waals surface area contributed by atoms with Crippen LogP contribution in [0.5, 0.6) is 0 Å². The summed E-state index contributed by atoms with van der Waals surface area (Å²) in [4.78, 5) is 28.4. The Hall–Kier alpha value is -1.12. The van der Waals surface area contributed by atoms with Crippen LogP contribution in [0.2, 0.25) is 5.02 Å². The van der Waals surface area contributed by atoms with Crippen LogP contribution < -0.4 is 0 Å². The van der Waals surface area contributed by atoms with E-state index in [0.717, 1.165) is 0 Å². The number of thiophene rings is 1. The van der Waals surface area contributed by atoms with E-state index in [4.69, 9.17) is 11.6 Å². The van der Waals surface area contributed by atoms with Gasteiger partial charge in [-0.05, 0) is 11.4 Å². The monoisotopic (exact) mass is 376 g/mol. The summed E-state index contributed by atoms with van der Waals surface area (Å²) in [5.74, 6) is -0.496. The predicted molar refractivity (Wildman–Crippen MR) is 88.6 cm³/mol. The lowest BCUT2D eigenvalue weighted by Gasteiger charge is -2.43. The molecule has 3 rings (SSSR count). The first-order valence-corrected chi connectivity index (χ1v) is 10.5. The van der Waals surface area contributed by atoms with Gasteiger partial charge in [-0.2, -0.15) is 0 Å². The van der Waals surface area contributed by atoms with Crippen LogP contribution in [0.25, 0.3) is 0 Å². The molecule has 3 heterocycles. The molecule has 23 heavy (non-hydrogen) atoms. The molecular weight excluding hydrogens is 360 g/mol. The first-order chi connectivity index (χ1) is 10.8. The Morgan fingerprint density at radius 1 is 1.26 bits per heavy atom. The van der Waals surface area contributed by atoms with E-state index < -0.39 is 21.9 Å². The van der Waals surface area contributed by atoms with Gasteiger partial charge in [0.2, 0.25) is 5.91 Å². The SMILES string of the molecule is CCC(=O)N1CCN(C(=O)c2sccc2Cl)[C@@H]2CS(=O)(=O)C[C@@H]21. The van der Waals surface area contributed by atoms with Crippen LogP contribution in [0.4, 0.5) is 0 Å². The lowest BCUT2D eigenvalue weighted by Crippen LogP contribution is -2.61. The summed E-state index contributed by atoms with van der Waals surface area (Å²) in [5.41, 5.74) is 0. The van der Waals surface area contributed by atoms with Crippen molar-refractivity contribution >= 4 is 44.6 Å². The molecule has 2 amide bonds. The van der Waals surface area contributed by atoms with Gasteiger partial charge in [-0.15, -0.1) is 11.3 Å². The molecule has 9 heteroatoms. The molecular formula is C14H17ClN2O4S2. The van der Waals surface area contributed by atoms with Crippen molar-refractivity contribution < 1.29 is 18.0 Å². The number of sulfone groups is 1. The highest BCUT2D eigenvalue weighted by Crippen LogP contribution is 2.31. The highest BCUT2D eigenvalue weighted by atomic mass is 35.5. The second-order valence-corrected chi connectivity index (χ2v) is 9.23. The number of halogens is 1. The number of amides is 2. The first-order valence-electron chi connectivity index (χ1n) is 7.38. The third-order valence-corrected chi connectivity index (χ3v) is 7.40. The quantitative estimate of drug-likeness (QED) is 0.778. The van der Waals surface area contributed by atoms with Gasteiger partial charge in [0.05, 0.1) is 28.6 Å². The zero-order valence-corrected chi connectivity index (χ0v) is 15.0. The largest absolute Gasteiger partial charge is 0.335 e. The fourth-order valence-electron chi connectivity index (χ4n) is 3.29. The van der Waals surface area contributed by atoms with Crippen molar-refractivity contribution in [1.29, 1.82) is 0 Å². The van der Waals surface area contributed by atoms with Crippen molar-refractivity contribution in [3.63, 3.8) is 0 Å². The molecule has 2 aliphatic heterocycles. The van der Waals surface area contributed by atoms with E-state index in [1.165, 1.54) is 11.3 Å². The summed E-state index contributed by atoms with van der Waals surface area (Å²) in [7, 11) is -3.27. The number of piperazine rings is 1. The van der Waals surface area contributed by atoms with Crippen molar-refractivity contribution in [1.82, 2.24) is 9.80 Å². The standard InChI is InChI=1S/C14H17ClN2O4S2/c1-2-12(18)16-4-5-17(11-8-23(20,21)7-10(11)16)14(19)13-9(15)3-6-22-13/h3,6,10-11H,2,4-5,7-8H2,1H3/t10-,11+/m0/s1. The van der Waals surface area contributed by atoms with E-state index in [-0.39, 0.29) is 23.3 Å². The Morgan fingerprint density at radius 3 is 2.43 bits per heavy atom. The Morgan fingerprint density at radius 2 is 1.87 bits per heavy atom. The van der Waals surface area contributed by atoms with E-state index in [0.29, 0.717) is 29.4 Å². The maximum atomic E-state index is 12.7. The summed E-state index contributed by atoms with van der Waals surface area (Å²) < 4.78 is 24.2. The van der Waals surface area contributed by atoms with Crippen molar-refractivity contribution in [3.8, 4) is 0 Å². The second kappa shape index (κ2) is 6.07. The molecule has 0 spiro atoms. The topological polar surface area (TPSA) is 74.8 Å². The third kappa shape index (κ3) is 2.99. The molecule has 1 aromatic rings. The van der Waals surface area contributed by atoms with Gasteiger partial charge < -0.3 is 9.80 Å². The number of hydrogen-bond acceptors (Lipinski definition) is 5. The highest BCUT2D eigenvalue weighted by Gasteiger charge is 2.49. The van der Waals surface area contributed by atoms with Gasteiger partial charge in [0.25, 0.3) is 5.91 Å². The van der Waals surface area contributed by atoms with Crippen LogP contribution in [0, 0.1) is 0 Å². The molecule has 0 saturated carbocycles. The summed E-state index contributed by atoms with van der Waals surface area (Å²) in [6.07, 6.45) is 0.327. The Labute approximate surface area is 143 Å². The van der Waals surface area contributed by atoms with Crippen LogP contribution in [0.1, 0.15) is 23.0 Å². The van der Waals surface area contributed by atoms with Crippen LogP contribution in [0.15, 0.2) is 11.4 Å². The molecule has 2 aliphatic rings. The molecule has 0 N–H and O–H groups in total. The molecule has 2 fully saturated rings. The molecule has 0 aromatic carbocycles. The Kier molecular flexibility index (Phi) is 4.41. The Bertz CT molecular complexity index is 746. The lowest BCUT2D eigenvalue weighted by molar-refractivity contribution is -0.135. The van der Waals surface area contributed by atoms with Gasteiger partial charge in [0.15, 0.2) is 9.84 Å². The number of rotatable bonds is 2. The van der Waals surface area contributed by atoms with E-state index >= 15 is 0 Å². The molecule has 126 valence electrons. The molecule has 2 saturated heterocycles. The van der Waals surface area contributed by atoms with Crippen LogP contribution in [-0.4, -0.2) is 66.7 Å². The third-order valence-electron chi connectivity index (χ3n) is 4.37. The molecule has 0 aliphatic carbocycles. The molecule has 0 radical (unpaired) electrons. The summed E-state index contributed by atoms with van der Waals surface area (Å²) in [6, 6.07) is 0.706. The number of hydrogen-bond donors (Lipinski definition) is 0. The first kappa shape index (κ1) is 16.7. The van der Waals surface area contributed by atoms with Gasteiger partial charge in [-0.3, -0.25) is 9.59 Å². The maximum absolute atomic E-state index is 12.7. The number of nitrogens with zero attached hydrogens (tertiary/aromatic N) is 2. The molecule has 0 unspecified atom stereocenters. The molecule has 2 atom stereocenters. The summed E-state index contributed by atoms with van der Waals surface area (Å²) in [5, 5.41) is 2.11. The van der Waals surface area contributed by atoms with Gasteiger partial charge in [0.1, 0.15) is 4.88 Å². The zero-order chi connectivity index (χ0) is 16.8. The minimum absolute atomic E-state index is 0.0710. The van der Waals surface area contributed by atoms with Crippen molar-refractivity contribution in [2.24, 2.45) is 0 Å². The summed E-state index contributed by atoms with van der Waals surface area (Å²) >= 11 is 7.28. The van der Waals surface area contributed by atoms with Crippen LogP contribution >= 0.6 is 22.9 Å². The minimum atomic E-state index is -3.27. The normalized spacial score (nSPS) is 26.2. The van der Waals surface area contributed by atoms with E-state index in [9.17, 15) is 18.0 Å². The molecule has 6 nitrogen and oxygen atoms in total. The van der Waals surface area contributed by atoms with Gasteiger partial charge >= 0.3 is 0 Å². The fraction of sp³-hybridized carbons (Fsp3) is 0.571.